The fourth-order valence-electron chi connectivity index (χ4n) is 4.13. The quantitative estimate of drug-likeness (QED) is 0.468. The van der Waals surface area contributed by atoms with Crippen LogP contribution in [0.25, 0.3) is 0 Å². The SMILES string of the molecule is CN=C(NCCCC(=O)N1Cc2ccccc2C1)N1CCN(c2ccccn2)CC1. The van der Waals surface area contributed by atoms with Gasteiger partial charge in [0.15, 0.2) is 5.96 Å². The number of nitrogens with zero attached hydrogens (tertiary/aromatic N) is 5. The van der Waals surface area contributed by atoms with Gasteiger partial charge in [-0.2, -0.15) is 0 Å². The van der Waals surface area contributed by atoms with Crippen LogP contribution in [-0.4, -0.2) is 66.4 Å². The molecule has 1 saturated heterocycles. The van der Waals surface area contributed by atoms with E-state index in [1.54, 1.807) is 0 Å². The Hall–Kier alpha value is -3.09. The summed E-state index contributed by atoms with van der Waals surface area (Å²) < 4.78 is 0. The molecule has 7 heteroatoms. The summed E-state index contributed by atoms with van der Waals surface area (Å²) in [7, 11) is 1.82. The number of carbonyl (C=O) groups excluding carboxylic acids is 1. The van der Waals surface area contributed by atoms with Crippen molar-refractivity contribution in [1.29, 1.82) is 0 Å². The van der Waals surface area contributed by atoms with Crippen LogP contribution in [0.15, 0.2) is 53.7 Å². The summed E-state index contributed by atoms with van der Waals surface area (Å²) in [5.74, 6) is 2.17. The molecule has 1 aromatic heterocycles. The first-order chi connectivity index (χ1) is 14.7. The predicted octanol–water partition coefficient (Wildman–Crippen LogP) is 2.10. The van der Waals surface area contributed by atoms with Gasteiger partial charge in [0.1, 0.15) is 5.82 Å². The van der Waals surface area contributed by atoms with E-state index in [0.29, 0.717) is 6.42 Å². The molecular formula is C23H30N6O. The van der Waals surface area contributed by atoms with Crippen molar-refractivity contribution in [2.24, 2.45) is 4.99 Å². The standard InChI is InChI=1S/C23H30N6O/c1-24-23(28-15-13-27(14-16-28)21-9-4-5-11-25-21)26-12-6-10-22(30)29-17-19-7-2-3-8-20(19)18-29/h2-5,7-9,11H,6,10,12-18H2,1H3,(H,24,26). The third-order valence-corrected chi connectivity index (χ3v) is 5.81. The highest BCUT2D eigenvalue weighted by molar-refractivity contribution is 5.80. The van der Waals surface area contributed by atoms with Crippen molar-refractivity contribution in [3.05, 3.63) is 59.8 Å². The van der Waals surface area contributed by atoms with Gasteiger partial charge in [-0.15, -0.1) is 0 Å². The molecule has 4 rings (SSSR count). The Morgan fingerprint density at radius 3 is 2.33 bits per heavy atom. The summed E-state index contributed by atoms with van der Waals surface area (Å²) in [5, 5.41) is 3.43. The zero-order valence-corrected chi connectivity index (χ0v) is 17.6. The number of aliphatic imine (C=N–C) groups is 1. The highest BCUT2D eigenvalue weighted by atomic mass is 16.2. The smallest absolute Gasteiger partial charge is 0.223 e. The van der Waals surface area contributed by atoms with Gasteiger partial charge in [-0.25, -0.2) is 4.98 Å². The van der Waals surface area contributed by atoms with Crippen LogP contribution in [0.3, 0.4) is 0 Å². The second-order valence-electron chi connectivity index (χ2n) is 7.76. The summed E-state index contributed by atoms with van der Waals surface area (Å²) in [6, 6.07) is 14.3. The average Bonchev–Trinajstić information content (AvgIpc) is 3.24. The summed E-state index contributed by atoms with van der Waals surface area (Å²) >= 11 is 0. The van der Waals surface area contributed by atoms with E-state index in [1.807, 2.05) is 42.4 Å². The second kappa shape index (κ2) is 9.61. The lowest BCUT2D eigenvalue weighted by Crippen LogP contribution is -2.52. The van der Waals surface area contributed by atoms with Crippen LogP contribution in [0.2, 0.25) is 0 Å². The molecule has 0 bridgehead atoms. The van der Waals surface area contributed by atoms with Gasteiger partial charge in [0, 0.05) is 65.5 Å². The molecule has 0 radical (unpaired) electrons. The minimum atomic E-state index is 0.229. The predicted molar refractivity (Wildman–Crippen MR) is 119 cm³/mol. The lowest BCUT2D eigenvalue weighted by Gasteiger charge is -2.37. The maximum Gasteiger partial charge on any atom is 0.223 e. The number of fused-ring (bicyclic) bond motifs is 1. The van der Waals surface area contributed by atoms with E-state index in [1.165, 1.54) is 11.1 Å². The van der Waals surface area contributed by atoms with Crippen molar-refractivity contribution in [1.82, 2.24) is 20.1 Å². The third-order valence-electron chi connectivity index (χ3n) is 5.81. The first-order valence-corrected chi connectivity index (χ1v) is 10.7. The number of hydrogen-bond acceptors (Lipinski definition) is 4. The maximum atomic E-state index is 12.5. The van der Waals surface area contributed by atoms with E-state index in [-0.39, 0.29) is 5.91 Å². The molecule has 1 fully saturated rings. The molecule has 0 unspecified atom stereocenters. The highest BCUT2D eigenvalue weighted by Crippen LogP contribution is 2.22. The lowest BCUT2D eigenvalue weighted by molar-refractivity contribution is -0.131. The third kappa shape index (κ3) is 4.72. The normalized spacial score (nSPS) is 16.6. The largest absolute Gasteiger partial charge is 0.356 e. The van der Waals surface area contributed by atoms with Crippen LogP contribution in [0.5, 0.6) is 0 Å². The van der Waals surface area contributed by atoms with Crippen molar-refractivity contribution in [2.45, 2.75) is 25.9 Å². The van der Waals surface area contributed by atoms with E-state index >= 15 is 0 Å². The number of hydrogen-bond donors (Lipinski definition) is 1. The van der Waals surface area contributed by atoms with E-state index < -0.39 is 0 Å². The molecule has 2 aromatic rings. The number of anilines is 1. The number of carbonyl (C=O) groups is 1. The number of aromatic nitrogens is 1. The summed E-state index contributed by atoms with van der Waals surface area (Å²) in [5.41, 5.74) is 2.54. The van der Waals surface area contributed by atoms with Gasteiger partial charge in [0.25, 0.3) is 0 Å². The number of piperazine rings is 1. The zero-order valence-electron chi connectivity index (χ0n) is 17.6. The van der Waals surface area contributed by atoms with Gasteiger partial charge in [-0.05, 0) is 29.7 Å². The minimum Gasteiger partial charge on any atom is -0.356 e. The highest BCUT2D eigenvalue weighted by Gasteiger charge is 2.23. The Bertz CT molecular complexity index is 851. The van der Waals surface area contributed by atoms with Crippen molar-refractivity contribution in [2.75, 3.05) is 44.7 Å². The van der Waals surface area contributed by atoms with Crippen LogP contribution in [-0.2, 0) is 17.9 Å². The number of benzene rings is 1. The Labute approximate surface area is 178 Å². The topological polar surface area (TPSA) is 64.1 Å². The van der Waals surface area contributed by atoms with Crippen molar-refractivity contribution in [3.63, 3.8) is 0 Å². The fourth-order valence-corrected chi connectivity index (χ4v) is 4.13. The summed E-state index contributed by atoms with van der Waals surface area (Å²) in [4.78, 5) is 28.0. The Morgan fingerprint density at radius 1 is 1.00 bits per heavy atom. The first-order valence-electron chi connectivity index (χ1n) is 10.7. The van der Waals surface area contributed by atoms with Gasteiger partial charge in [-0.3, -0.25) is 9.79 Å². The molecule has 0 aliphatic carbocycles. The molecule has 2 aliphatic rings. The Morgan fingerprint density at radius 2 is 1.70 bits per heavy atom. The molecule has 30 heavy (non-hydrogen) atoms. The molecule has 1 N–H and O–H groups in total. The molecule has 0 spiro atoms. The van der Waals surface area contributed by atoms with Gasteiger partial charge in [-0.1, -0.05) is 30.3 Å². The second-order valence-corrected chi connectivity index (χ2v) is 7.76. The maximum absolute atomic E-state index is 12.5. The van der Waals surface area contributed by atoms with E-state index in [4.69, 9.17) is 0 Å². The van der Waals surface area contributed by atoms with Crippen LogP contribution in [0.1, 0.15) is 24.0 Å². The summed E-state index contributed by atoms with van der Waals surface area (Å²) in [6.07, 6.45) is 3.20. The fraction of sp³-hybridized carbons (Fsp3) is 0.435. The number of rotatable bonds is 5. The molecule has 0 atom stereocenters. The number of guanidine groups is 1. The van der Waals surface area contributed by atoms with Crippen LogP contribution < -0.4 is 10.2 Å². The van der Waals surface area contributed by atoms with Gasteiger partial charge < -0.3 is 20.0 Å². The monoisotopic (exact) mass is 406 g/mol. The zero-order chi connectivity index (χ0) is 20.8. The van der Waals surface area contributed by atoms with Crippen LogP contribution in [0.4, 0.5) is 5.82 Å². The number of pyridine rings is 1. The van der Waals surface area contributed by atoms with E-state index in [9.17, 15) is 4.79 Å². The van der Waals surface area contributed by atoms with Gasteiger partial charge in [0.2, 0.25) is 5.91 Å². The van der Waals surface area contributed by atoms with Crippen LogP contribution in [0, 0.1) is 0 Å². The molecule has 2 aliphatic heterocycles. The van der Waals surface area contributed by atoms with Gasteiger partial charge in [0.05, 0.1) is 0 Å². The number of nitrogens with one attached hydrogen (secondary N) is 1. The van der Waals surface area contributed by atoms with Crippen molar-refractivity contribution in [3.8, 4) is 0 Å². The Balaban J connectivity index is 1.17. The molecule has 7 nitrogen and oxygen atoms in total. The van der Waals surface area contributed by atoms with Crippen LogP contribution >= 0.6 is 0 Å². The molecule has 1 aromatic carbocycles. The average molecular weight is 407 g/mol. The molecular weight excluding hydrogens is 376 g/mol. The van der Waals surface area contributed by atoms with Gasteiger partial charge >= 0.3 is 0 Å². The van der Waals surface area contributed by atoms with E-state index in [0.717, 1.165) is 64.0 Å². The van der Waals surface area contributed by atoms with Crippen molar-refractivity contribution >= 4 is 17.7 Å². The summed E-state index contributed by atoms with van der Waals surface area (Å²) in [6.45, 7) is 5.88. The lowest BCUT2D eigenvalue weighted by atomic mass is 10.1. The first kappa shape index (κ1) is 20.2. The molecule has 3 heterocycles. The molecule has 1 amide bonds. The minimum absolute atomic E-state index is 0.229. The van der Waals surface area contributed by atoms with Crippen molar-refractivity contribution < 1.29 is 4.79 Å². The van der Waals surface area contributed by atoms with E-state index in [2.05, 4.69) is 43.3 Å². The number of amides is 1. The molecule has 0 saturated carbocycles. The Kier molecular flexibility index (Phi) is 6.47. The molecule has 158 valence electrons.